The minimum absolute atomic E-state index is 0.251. The van der Waals surface area contributed by atoms with Gasteiger partial charge in [0.2, 0.25) is 0 Å². The third-order valence-corrected chi connectivity index (χ3v) is 7.01. The zero-order valence-corrected chi connectivity index (χ0v) is 20.2. The average Bonchev–Trinajstić information content (AvgIpc) is 3.16. The third-order valence-electron chi connectivity index (χ3n) is 5.01. The van der Waals surface area contributed by atoms with Crippen LogP contribution in [0.5, 0.6) is 0 Å². The van der Waals surface area contributed by atoms with Gasteiger partial charge in [0, 0.05) is 5.56 Å². The van der Waals surface area contributed by atoms with Crippen molar-refractivity contribution in [2.45, 2.75) is 45.9 Å². The summed E-state index contributed by atoms with van der Waals surface area (Å²) in [6, 6.07) is 6.69. The molecule has 0 radical (unpaired) electrons. The maximum atomic E-state index is 13.7. The maximum absolute atomic E-state index is 13.7. The molecule has 3 aromatic rings. The van der Waals surface area contributed by atoms with Crippen molar-refractivity contribution >= 4 is 36.3 Å². The highest BCUT2D eigenvalue weighted by Crippen LogP contribution is 2.39. The van der Waals surface area contributed by atoms with Crippen LogP contribution in [0, 0.1) is 6.92 Å². The number of carboxylic acid groups (broad SMARTS) is 1. The molecule has 0 bridgehead atoms. The lowest BCUT2D eigenvalue weighted by atomic mass is 10.1. The molecule has 12 nitrogen and oxygen atoms in total. The summed E-state index contributed by atoms with van der Waals surface area (Å²) >= 11 is 0. The number of hydrogen-bond acceptors (Lipinski definition) is 8. The van der Waals surface area contributed by atoms with E-state index in [0.717, 1.165) is 5.56 Å². The van der Waals surface area contributed by atoms with E-state index in [-0.39, 0.29) is 11.4 Å². The van der Waals surface area contributed by atoms with Crippen LogP contribution in [-0.2, 0) is 20.6 Å². The van der Waals surface area contributed by atoms with E-state index in [1.165, 1.54) is 20.2 Å². The van der Waals surface area contributed by atoms with Gasteiger partial charge in [-0.3, -0.25) is 19.2 Å². The van der Waals surface area contributed by atoms with Gasteiger partial charge in [0.15, 0.2) is 11.5 Å². The van der Waals surface area contributed by atoms with Crippen LogP contribution in [0.15, 0.2) is 36.9 Å². The minimum Gasteiger partial charge on any atom is -0.480 e. The Balaban J connectivity index is 1.75. The molecular weight excluding hydrogens is 461 g/mol. The molecule has 0 aliphatic heterocycles. The first-order chi connectivity index (χ1) is 15.9. The molecule has 0 aliphatic carbocycles. The molecule has 34 heavy (non-hydrogen) atoms. The minimum atomic E-state index is -3.85. The molecule has 182 valence electrons. The molecule has 5 N–H and O–H groups in total. The number of aryl methyl sites for hydroxylation is 1. The van der Waals surface area contributed by atoms with Crippen LogP contribution in [0.2, 0.25) is 0 Å². The van der Waals surface area contributed by atoms with Gasteiger partial charge in [-0.2, -0.15) is 0 Å². The predicted molar refractivity (Wildman–Crippen MR) is 126 cm³/mol. The second-order valence-electron chi connectivity index (χ2n) is 8.52. The highest BCUT2D eigenvalue weighted by molar-refractivity contribution is 7.60. The molecule has 0 saturated carbocycles. The standard InChI is InChI=1S/C21H28N7O5P/c1-13-5-7-15(8-6-13)19(29)26-34(32,27-21(3,4)20(30)31)12-33-14(2)9-28-11-25-16-17(22)23-10-24-18(16)28/h5-8,10-11,14H,9,12H2,1-4H3,(H,30,31)(H2,22,23,24)(H2,26,27,29,32)/t14-,34?/m0/s1. The van der Waals surface area contributed by atoms with Gasteiger partial charge in [-0.05, 0) is 39.8 Å². The SMILES string of the molecule is Cc1ccc(C(=O)NP(=O)(CO[C@@H](C)Cn2cnc3c(N)ncnc32)NC(C)(C)C(=O)O)cc1. The first-order valence-corrected chi connectivity index (χ1v) is 12.3. The van der Waals surface area contributed by atoms with Crippen LogP contribution >= 0.6 is 7.44 Å². The number of nitrogens with zero attached hydrogens (tertiary/aromatic N) is 4. The molecule has 2 aromatic heterocycles. The van der Waals surface area contributed by atoms with Crippen molar-refractivity contribution < 1.29 is 24.0 Å². The number of carbonyl (C=O) groups excluding carboxylic acids is 1. The second-order valence-corrected chi connectivity index (χ2v) is 10.7. The van der Waals surface area contributed by atoms with Crippen LogP contribution in [0.25, 0.3) is 11.2 Å². The van der Waals surface area contributed by atoms with Gasteiger partial charge >= 0.3 is 5.97 Å². The molecule has 13 heteroatoms. The smallest absolute Gasteiger partial charge is 0.323 e. The highest BCUT2D eigenvalue weighted by Gasteiger charge is 2.37. The number of fused-ring (bicyclic) bond motifs is 1. The number of nitrogens with two attached hydrogens (primary N) is 1. The van der Waals surface area contributed by atoms with Gasteiger partial charge in [0.25, 0.3) is 13.4 Å². The maximum Gasteiger partial charge on any atom is 0.323 e. The highest BCUT2D eigenvalue weighted by atomic mass is 31.2. The van der Waals surface area contributed by atoms with Crippen molar-refractivity contribution in [3.05, 3.63) is 48.0 Å². The topological polar surface area (TPSA) is 174 Å². The third kappa shape index (κ3) is 5.96. The molecule has 0 fully saturated rings. The summed E-state index contributed by atoms with van der Waals surface area (Å²) in [5, 5.41) is 14.5. The number of nitrogens with one attached hydrogen (secondary N) is 2. The number of imidazole rings is 1. The summed E-state index contributed by atoms with van der Waals surface area (Å²) in [7, 11) is -3.85. The van der Waals surface area contributed by atoms with Crippen LogP contribution in [0.4, 0.5) is 5.82 Å². The number of anilines is 1. The van der Waals surface area contributed by atoms with Crippen molar-refractivity contribution in [2.24, 2.45) is 0 Å². The number of ether oxygens (including phenoxy) is 1. The number of rotatable bonds is 10. The van der Waals surface area contributed by atoms with Gasteiger partial charge in [-0.1, -0.05) is 17.7 Å². The number of hydrogen-bond donors (Lipinski definition) is 4. The molecular formula is C21H28N7O5P. The fraction of sp³-hybridized carbons (Fsp3) is 0.381. The Hall–Kier alpha value is -3.34. The Kier molecular flexibility index (Phi) is 7.35. The monoisotopic (exact) mass is 489 g/mol. The number of carboxylic acids is 1. The lowest BCUT2D eigenvalue weighted by Crippen LogP contribution is -2.48. The van der Waals surface area contributed by atoms with Gasteiger partial charge in [0.05, 0.1) is 19.0 Å². The van der Waals surface area contributed by atoms with Crippen LogP contribution in [0.1, 0.15) is 36.7 Å². The van der Waals surface area contributed by atoms with Crippen LogP contribution in [-0.4, -0.2) is 54.5 Å². The number of amides is 1. The van der Waals surface area contributed by atoms with E-state index in [0.29, 0.717) is 17.7 Å². The summed E-state index contributed by atoms with van der Waals surface area (Å²) in [4.78, 5) is 36.6. The Morgan fingerprint density at radius 2 is 1.91 bits per heavy atom. The van der Waals surface area contributed by atoms with Gasteiger partial charge < -0.3 is 20.1 Å². The lowest BCUT2D eigenvalue weighted by Gasteiger charge is -2.29. The zero-order chi connectivity index (χ0) is 25.1. The second kappa shape index (κ2) is 9.88. The number of aliphatic carboxylic acids is 1. The Bertz CT molecular complexity index is 1240. The quantitative estimate of drug-likeness (QED) is 0.309. The van der Waals surface area contributed by atoms with E-state index in [1.807, 2.05) is 6.92 Å². The van der Waals surface area contributed by atoms with Gasteiger partial charge in [0.1, 0.15) is 23.7 Å². The molecule has 0 spiro atoms. The number of aromatic nitrogens is 4. The largest absolute Gasteiger partial charge is 0.480 e. The normalized spacial score (nSPS) is 14.5. The van der Waals surface area contributed by atoms with Crippen molar-refractivity contribution in [1.29, 1.82) is 0 Å². The summed E-state index contributed by atoms with van der Waals surface area (Å²) in [5.41, 5.74) is 6.44. The Labute approximate surface area is 196 Å². The van der Waals surface area contributed by atoms with E-state index < -0.39 is 37.3 Å². The van der Waals surface area contributed by atoms with E-state index >= 15 is 0 Å². The van der Waals surface area contributed by atoms with Crippen LogP contribution < -0.4 is 15.9 Å². The summed E-state index contributed by atoms with van der Waals surface area (Å²) in [6.45, 7) is 6.62. The van der Waals surface area contributed by atoms with E-state index in [4.69, 9.17) is 10.5 Å². The number of carbonyl (C=O) groups is 2. The molecule has 1 amide bonds. The molecule has 3 rings (SSSR count). The molecule has 1 unspecified atom stereocenters. The summed E-state index contributed by atoms with van der Waals surface area (Å²) < 4.78 is 21.2. The Morgan fingerprint density at radius 1 is 1.24 bits per heavy atom. The average molecular weight is 489 g/mol. The number of nitrogen functional groups attached to an aromatic ring is 1. The van der Waals surface area contributed by atoms with E-state index in [2.05, 4.69) is 25.1 Å². The van der Waals surface area contributed by atoms with Gasteiger partial charge in [-0.25, -0.2) is 20.0 Å². The zero-order valence-electron chi connectivity index (χ0n) is 19.3. The Morgan fingerprint density at radius 3 is 2.56 bits per heavy atom. The van der Waals surface area contributed by atoms with Crippen molar-refractivity contribution in [3.8, 4) is 0 Å². The summed E-state index contributed by atoms with van der Waals surface area (Å²) in [5.74, 6) is -1.59. The first kappa shape index (κ1) is 25.3. The fourth-order valence-corrected chi connectivity index (χ4v) is 5.22. The molecule has 1 aromatic carbocycles. The predicted octanol–water partition coefficient (Wildman–Crippen LogP) is 2.16. The molecule has 0 aliphatic rings. The van der Waals surface area contributed by atoms with E-state index in [9.17, 15) is 19.3 Å². The van der Waals surface area contributed by atoms with Crippen molar-refractivity contribution in [3.63, 3.8) is 0 Å². The summed E-state index contributed by atoms with van der Waals surface area (Å²) in [6.07, 6.45) is 1.94. The number of benzene rings is 1. The van der Waals surface area contributed by atoms with E-state index in [1.54, 1.807) is 42.1 Å². The molecule has 0 saturated heterocycles. The first-order valence-electron chi connectivity index (χ1n) is 10.4. The van der Waals surface area contributed by atoms with Crippen molar-refractivity contribution in [1.82, 2.24) is 29.7 Å². The molecule has 2 heterocycles. The van der Waals surface area contributed by atoms with Crippen LogP contribution in [0.3, 0.4) is 0 Å². The van der Waals surface area contributed by atoms with Crippen molar-refractivity contribution in [2.75, 3.05) is 12.1 Å². The molecule has 2 atom stereocenters. The lowest BCUT2D eigenvalue weighted by molar-refractivity contribution is -0.142. The fourth-order valence-electron chi connectivity index (χ4n) is 3.12. The van der Waals surface area contributed by atoms with Gasteiger partial charge in [-0.15, -0.1) is 0 Å².